The Balaban J connectivity index is 2.00. The van der Waals surface area contributed by atoms with Crippen molar-refractivity contribution >= 4 is 21.4 Å². The normalized spacial score (nSPS) is 16.4. The quantitative estimate of drug-likeness (QED) is 0.848. The molecule has 1 fully saturated rings. The number of methoxy groups -OCH3 is 1. The Labute approximate surface area is 140 Å². The van der Waals surface area contributed by atoms with E-state index in [1.807, 2.05) is 18.4 Å². The van der Waals surface area contributed by atoms with Crippen molar-refractivity contribution in [3.63, 3.8) is 0 Å². The molecule has 1 aliphatic rings. The molecule has 0 radical (unpaired) electrons. The van der Waals surface area contributed by atoms with Crippen molar-refractivity contribution in [2.75, 3.05) is 33.4 Å². The molecule has 124 valence electrons. The van der Waals surface area contributed by atoms with E-state index in [1.165, 1.54) is 4.31 Å². The van der Waals surface area contributed by atoms with Crippen molar-refractivity contribution in [3.8, 4) is 16.9 Å². The predicted molar refractivity (Wildman–Crippen MR) is 90.6 cm³/mol. The number of sulfonamides is 1. The van der Waals surface area contributed by atoms with Gasteiger partial charge in [-0.05, 0) is 40.9 Å². The molecule has 2 aromatic rings. The molecule has 0 bridgehead atoms. The minimum Gasteiger partial charge on any atom is -0.496 e. The third-order valence-electron chi connectivity index (χ3n) is 3.93. The second kappa shape index (κ2) is 6.60. The lowest BCUT2D eigenvalue weighted by Crippen LogP contribution is -2.40. The first kappa shape index (κ1) is 16.4. The minimum absolute atomic E-state index is 0.257. The van der Waals surface area contributed by atoms with E-state index in [9.17, 15) is 8.42 Å². The molecule has 0 amide bonds. The molecule has 0 N–H and O–H groups in total. The van der Waals surface area contributed by atoms with Crippen molar-refractivity contribution in [1.29, 1.82) is 0 Å². The van der Waals surface area contributed by atoms with E-state index < -0.39 is 10.0 Å². The summed E-state index contributed by atoms with van der Waals surface area (Å²) in [5.41, 5.74) is 3.13. The van der Waals surface area contributed by atoms with Crippen LogP contribution in [0.15, 0.2) is 33.9 Å². The van der Waals surface area contributed by atoms with Crippen LogP contribution < -0.4 is 4.74 Å². The Morgan fingerprint density at radius 3 is 2.52 bits per heavy atom. The van der Waals surface area contributed by atoms with Gasteiger partial charge in [0, 0.05) is 24.7 Å². The number of nitrogens with zero attached hydrogens (tertiary/aromatic N) is 1. The second-order valence-electron chi connectivity index (χ2n) is 5.35. The van der Waals surface area contributed by atoms with Gasteiger partial charge in [0.25, 0.3) is 0 Å². The zero-order valence-corrected chi connectivity index (χ0v) is 14.7. The van der Waals surface area contributed by atoms with Crippen LogP contribution in [0.3, 0.4) is 0 Å². The number of ether oxygens (including phenoxy) is 2. The van der Waals surface area contributed by atoms with Crippen molar-refractivity contribution in [3.05, 3.63) is 34.5 Å². The third-order valence-corrected chi connectivity index (χ3v) is 6.68. The number of hydrogen-bond acceptors (Lipinski definition) is 5. The molecule has 1 aromatic heterocycles. The van der Waals surface area contributed by atoms with E-state index in [0.717, 1.165) is 16.7 Å². The summed E-state index contributed by atoms with van der Waals surface area (Å²) < 4.78 is 37.6. The molecular weight excluding hydrogens is 334 g/mol. The zero-order chi connectivity index (χ0) is 16.4. The van der Waals surface area contributed by atoms with Gasteiger partial charge in [0.05, 0.1) is 25.2 Å². The number of hydrogen-bond donors (Lipinski definition) is 0. The lowest BCUT2D eigenvalue weighted by molar-refractivity contribution is 0.0730. The molecule has 1 aliphatic heterocycles. The fourth-order valence-electron chi connectivity index (χ4n) is 2.63. The maximum atomic E-state index is 12.7. The smallest absolute Gasteiger partial charge is 0.243 e. The molecule has 3 rings (SSSR count). The van der Waals surface area contributed by atoms with Crippen LogP contribution in [-0.4, -0.2) is 46.1 Å². The Hall–Kier alpha value is -1.41. The maximum absolute atomic E-state index is 12.7. The molecule has 1 saturated heterocycles. The van der Waals surface area contributed by atoms with Crippen LogP contribution >= 0.6 is 11.3 Å². The van der Waals surface area contributed by atoms with Gasteiger partial charge in [-0.3, -0.25) is 0 Å². The Morgan fingerprint density at radius 2 is 1.91 bits per heavy atom. The monoisotopic (exact) mass is 353 g/mol. The highest BCUT2D eigenvalue weighted by Crippen LogP contribution is 2.36. The zero-order valence-electron chi connectivity index (χ0n) is 13.1. The van der Waals surface area contributed by atoms with Gasteiger partial charge < -0.3 is 9.47 Å². The summed E-state index contributed by atoms with van der Waals surface area (Å²) in [7, 11) is -1.95. The molecule has 1 aromatic carbocycles. The molecule has 0 saturated carbocycles. The van der Waals surface area contributed by atoms with Crippen LogP contribution in [0.4, 0.5) is 0 Å². The van der Waals surface area contributed by atoms with E-state index >= 15 is 0 Å². The van der Waals surface area contributed by atoms with E-state index in [2.05, 4.69) is 5.38 Å². The Bertz CT molecular complexity index is 792. The lowest BCUT2D eigenvalue weighted by atomic mass is 10.0. The average molecular weight is 353 g/mol. The highest BCUT2D eigenvalue weighted by Gasteiger charge is 2.27. The molecule has 0 unspecified atom stereocenters. The largest absolute Gasteiger partial charge is 0.496 e. The molecule has 0 atom stereocenters. The van der Waals surface area contributed by atoms with Gasteiger partial charge in [0.1, 0.15) is 5.75 Å². The van der Waals surface area contributed by atoms with Gasteiger partial charge in [-0.2, -0.15) is 15.6 Å². The number of benzene rings is 1. The van der Waals surface area contributed by atoms with E-state index in [-0.39, 0.29) is 4.90 Å². The van der Waals surface area contributed by atoms with Gasteiger partial charge in [-0.15, -0.1) is 0 Å². The number of aryl methyl sites for hydroxylation is 1. The summed E-state index contributed by atoms with van der Waals surface area (Å²) >= 11 is 1.62. The SMILES string of the molecule is COc1cc(S(=O)(=O)N2CCOCC2)ccc1-c1cscc1C. The second-order valence-corrected chi connectivity index (χ2v) is 8.03. The number of morpholine rings is 1. The third kappa shape index (κ3) is 3.14. The van der Waals surface area contributed by atoms with Gasteiger partial charge in [0.2, 0.25) is 10.0 Å². The molecule has 2 heterocycles. The molecule has 5 nitrogen and oxygen atoms in total. The summed E-state index contributed by atoms with van der Waals surface area (Å²) in [5, 5.41) is 4.11. The first-order valence-electron chi connectivity index (χ1n) is 7.33. The number of rotatable bonds is 4. The van der Waals surface area contributed by atoms with Crippen molar-refractivity contribution < 1.29 is 17.9 Å². The predicted octanol–water partition coefficient (Wildman–Crippen LogP) is 2.75. The highest BCUT2D eigenvalue weighted by atomic mass is 32.2. The highest BCUT2D eigenvalue weighted by molar-refractivity contribution is 7.89. The van der Waals surface area contributed by atoms with Crippen LogP contribution in [0.1, 0.15) is 5.56 Å². The molecular formula is C16H19NO4S2. The summed E-state index contributed by atoms with van der Waals surface area (Å²) in [5.74, 6) is 0.570. The first-order chi connectivity index (χ1) is 11.0. The van der Waals surface area contributed by atoms with Crippen LogP contribution in [0.25, 0.3) is 11.1 Å². The summed E-state index contributed by atoms with van der Waals surface area (Å²) in [6.45, 7) is 3.67. The van der Waals surface area contributed by atoms with Crippen molar-refractivity contribution in [2.24, 2.45) is 0 Å². The first-order valence-corrected chi connectivity index (χ1v) is 9.71. The van der Waals surface area contributed by atoms with Crippen LogP contribution in [0, 0.1) is 6.92 Å². The Kier molecular flexibility index (Phi) is 4.72. The van der Waals surface area contributed by atoms with Gasteiger partial charge >= 0.3 is 0 Å². The van der Waals surface area contributed by atoms with Crippen LogP contribution in [0.5, 0.6) is 5.75 Å². The molecule has 0 aliphatic carbocycles. The van der Waals surface area contributed by atoms with Gasteiger partial charge in [-0.25, -0.2) is 8.42 Å². The molecule has 0 spiro atoms. The molecule has 7 heteroatoms. The fourth-order valence-corrected chi connectivity index (χ4v) is 4.90. The van der Waals surface area contributed by atoms with Crippen molar-refractivity contribution in [2.45, 2.75) is 11.8 Å². The average Bonchev–Trinajstić information content (AvgIpc) is 3.01. The van der Waals surface area contributed by atoms with E-state index in [1.54, 1.807) is 30.6 Å². The van der Waals surface area contributed by atoms with E-state index in [4.69, 9.17) is 9.47 Å². The lowest BCUT2D eigenvalue weighted by Gasteiger charge is -2.26. The van der Waals surface area contributed by atoms with Crippen LogP contribution in [0.2, 0.25) is 0 Å². The van der Waals surface area contributed by atoms with Crippen molar-refractivity contribution in [1.82, 2.24) is 4.31 Å². The summed E-state index contributed by atoms with van der Waals surface area (Å²) in [4.78, 5) is 0.257. The van der Waals surface area contributed by atoms with Gasteiger partial charge in [-0.1, -0.05) is 0 Å². The number of thiophene rings is 1. The maximum Gasteiger partial charge on any atom is 0.243 e. The van der Waals surface area contributed by atoms with E-state index in [0.29, 0.717) is 32.1 Å². The van der Waals surface area contributed by atoms with Crippen LogP contribution in [-0.2, 0) is 14.8 Å². The topological polar surface area (TPSA) is 55.8 Å². The fraction of sp³-hybridized carbons (Fsp3) is 0.375. The summed E-state index contributed by atoms with van der Waals surface area (Å²) in [6.07, 6.45) is 0. The summed E-state index contributed by atoms with van der Waals surface area (Å²) in [6, 6.07) is 5.08. The standard InChI is InChI=1S/C16H19NO4S2/c1-12-10-22-11-15(12)14-4-3-13(9-16(14)20-2)23(18,19)17-5-7-21-8-6-17/h3-4,9-11H,5-8H2,1-2H3. The molecule has 23 heavy (non-hydrogen) atoms. The van der Waals surface area contributed by atoms with Gasteiger partial charge in [0.15, 0.2) is 0 Å². The minimum atomic E-state index is -3.51. The Morgan fingerprint density at radius 1 is 1.17 bits per heavy atom.